The van der Waals surface area contributed by atoms with Gasteiger partial charge in [0, 0.05) is 6.42 Å². The molecule has 17 atom stereocenters. The average Bonchev–Trinajstić information content (AvgIpc) is 3.29. The van der Waals surface area contributed by atoms with Crippen LogP contribution in [-0.2, 0) is 33.2 Å². The average molecular weight is 922 g/mol. The van der Waals surface area contributed by atoms with Crippen molar-refractivity contribution in [2.45, 2.75) is 214 Å². The van der Waals surface area contributed by atoms with E-state index in [-0.39, 0.29) is 18.9 Å². The standard InChI is InChI=1S/C45H79NO18/c1-3-5-7-9-10-11-12-13-14-15-16-17-19-21-23-33(51)46-28(29(50)22-20-18-8-6-4-2)27-59-43-39(57)36(54)41(31(25-48)61-43)64-45-40(58)37(55)42(32(26-49)62-45)63-44-38(56)35(53)34(52)30(24-47)60-44/h9-10,12-13,20,22,28-32,34-45,47-50,52-58H,3-8,11,14-19,21,23-27H2,1-2H3,(H,46,51)/b10-9-,13-12-,22-20+. The number of amides is 1. The number of allylic oxidation sites excluding steroid dienone is 5. The molecule has 3 aliphatic heterocycles. The summed E-state index contributed by atoms with van der Waals surface area (Å²) in [4.78, 5) is 13.1. The summed E-state index contributed by atoms with van der Waals surface area (Å²) in [5.41, 5.74) is 0. The summed E-state index contributed by atoms with van der Waals surface area (Å²) in [6.07, 6.45) is -0.570. The van der Waals surface area contributed by atoms with Crippen molar-refractivity contribution in [3.8, 4) is 0 Å². The lowest BCUT2D eigenvalue weighted by molar-refractivity contribution is -0.379. The van der Waals surface area contributed by atoms with Crippen LogP contribution in [0.15, 0.2) is 36.5 Å². The number of ether oxygens (including phenoxy) is 6. The molecule has 0 aromatic carbocycles. The molecule has 64 heavy (non-hydrogen) atoms. The fourth-order valence-corrected chi connectivity index (χ4v) is 7.67. The molecule has 3 aliphatic rings. The molecule has 12 N–H and O–H groups in total. The monoisotopic (exact) mass is 922 g/mol. The van der Waals surface area contributed by atoms with Crippen LogP contribution in [0.2, 0.25) is 0 Å². The molecule has 0 aromatic heterocycles. The molecule has 3 fully saturated rings. The maximum absolute atomic E-state index is 13.1. The van der Waals surface area contributed by atoms with Crippen molar-refractivity contribution in [2.75, 3.05) is 26.4 Å². The third-order valence-corrected chi connectivity index (χ3v) is 11.7. The molecule has 17 unspecified atom stereocenters. The largest absolute Gasteiger partial charge is 0.394 e. The quantitative estimate of drug-likeness (QED) is 0.0330. The third kappa shape index (κ3) is 17.9. The van der Waals surface area contributed by atoms with Gasteiger partial charge in [-0.15, -0.1) is 0 Å². The highest BCUT2D eigenvalue weighted by molar-refractivity contribution is 5.76. The van der Waals surface area contributed by atoms with Crippen molar-refractivity contribution >= 4 is 5.91 Å². The molecule has 0 aromatic rings. The predicted molar refractivity (Wildman–Crippen MR) is 231 cm³/mol. The summed E-state index contributed by atoms with van der Waals surface area (Å²) in [6.45, 7) is 1.48. The van der Waals surface area contributed by atoms with Crippen LogP contribution in [0.3, 0.4) is 0 Å². The SMILES string of the molecule is CCCC/C=C\C/C=C\CCCCCCCC(=O)NC(COC1OC(CO)C(OC2OC(CO)C(OC3OC(CO)C(O)C(O)C3O)C(O)C2O)C(O)C1O)C(O)/C=C/CCCCC. The fourth-order valence-electron chi connectivity index (χ4n) is 7.67. The molecule has 3 rings (SSSR count). The van der Waals surface area contributed by atoms with Crippen LogP contribution in [0.5, 0.6) is 0 Å². The number of rotatable bonds is 30. The molecule has 0 bridgehead atoms. The van der Waals surface area contributed by atoms with E-state index in [2.05, 4.69) is 43.5 Å². The van der Waals surface area contributed by atoms with Crippen LogP contribution in [0.25, 0.3) is 0 Å². The van der Waals surface area contributed by atoms with E-state index in [1.165, 1.54) is 12.8 Å². The van der Waals surface area contributed by atoms with E-state index in [0.29, 0.717) is 6.42 Å². The molecule has 1 amide bonds. The zero-order valence-corrected chi connectivity index (χ0v) is 37.5. The lowest BCUT2D eigenvalue weighted by atomic mass is 9.96. The van der Waals surface area contributed by atoms with Gasteiger partial charge in [0.15, 0.2) is 18.9 Å². The number of hydrogen-bond acceptors (Lipinski definition) is 18. The number of hydrogen-bond donors (Lipinski definition) is 12. The Kier molecular flexibility index (Phi) is 27.4. The Balaban J connectivity index is 1.55. The Morgan fingerprint density at radius 1 is 0.562 bits per heavy atom. The van der Waals surface area contributed by atoms with Crippen LogP contribution in [0, 0.1) is 0 Å². The number of nitrogens with one attached hydrogen (secondary N) is 1. The Morgan fingerprint density at radius 2 is 1.05 bits per heavy atom. The minimum absolute atomic E-state index is 0.224. The zero-order chi connectivity index (χ0) is 47.0. The van der Waals surface area contributed by atoms with Crippen LogP contribution >= 0.6 is 0 Å². The van der Waals surface area contributed by atoms with Crippen molar-refractivity contribution in [3.05, 3.63) is 36.5 Å². The maximum atomic E-state index is 13.1. The normalized spacial score (nSPS) is 34.8. The van der Waals surface area contributed by atoms with E-state index in [4.69, 9.17) is 28.4 Å². The topological polar surface area (TPSA) is 307 Å². The van der Waals surface area contributed by atoms with Crippen molar-refractivity contribution in [1.82, 2.24) is 5.32 Å². The molecule has 3 heterocycles. The second kappa shape index (κ2) is 31.1. The van der Waals surface area contributed by atoms with E-state index in [0.717, 1.165) is 70.6 Å². The van der Waals surface area contributed by atoms with E-state index >= 15 is 0 Å². The van der Waals surface area contributed by atoms with Crippen LogP contribution in [0.4, 0.5) is 0 Å². The summed E-state index contributed by atoms with van der Waals surface area (Å²) in [5.74, 6) is -0.302. The van der Waals surface area contributed by atoms with Gasteiger partial charge in [0.1, 0.15) is 73.2 Å². The Labute approximate surface area is 377 Å². The summed E-state index contributed by atoms with van der Waals surface area (Å²) < 4.78 is 33.9. The first-order valence-corrected chi connectivity index (χ1v) is 23.2. The van der Waals surface area contributed by atoms with Crippen molar-refractivity contribution in [2.24, 2.45) is 0 Å². The first-order valence-electron chi connectivity index (χ1n) is 23.2. The second-order valence-corrected chi connectivity index (χ2v) is 16.9. The van der Waals surface area contributed by atoms with E-state index in [9.17, 15) is 61.0 Å². The second-order valence-electron chi connectivity index (χ2n) is 16.9. The van der Waals surface area contributed by atoms with Crippen LogP contribution in [0.1, 0.15) is 110 Å². The Morgan fingerprint density at radius 3 is 1.64 bits per heavy atom. The van der Waals surface area contributed by atoms with Gasteiger partial charge in [-0.1, -0.05) is 95.2 Å². The molecule has 19 nitrogen and oxygen atoms in total. The Hall–Kier alpha value is -1.99. The highest BCUT2D eigenvalue weighted by atomic mass is 16.8. The number of carbonyl (C=O) groups excluding carboxylic acids is 1. The number of aliphatic hydroxyl groups is 11. The number of carbonyl (C=O) groups is 1. The van der Waals surface area contributed by atoms with Gasteiger partial charge in [-0.3, -0.25) is 4.79 Å². The smallest absolute Gasteiger partial charge is 0.220 e. The van der Waals surface area contributed by atoms with E-state index in [1.54, 1.807) is 6.08 Å². The van der Waals surface area contributed by atoms with Crippen LogP contribution < -0.4 is 5.32 Å². The molecule has 3 saturated heterocycles. The molecule has 0 spiro atoms. The zero-order valence-electron chi connectivity index (χ0n) is 37.5. The summed E-state index contributed by atoms with van der Waals surface area (Å²) in [7, 11) is 0. The van der Waals surface area contributed by atoms with Gasteiger partial charge in [0.2, 0.25) is 5.91 Å². The molecule has 0 aliphatic carbocycles. The predicted octanol–water partition coefficient (Wildman–Crippen LogP) is -0.143. The van der Waals surface area contributed by atoms with Gasteiger partial charge >= 0.3 is 0 Å². The summed E-state index contributed by atoms with van der Waals surface area (Å²) >= 11 is 0. The maximum Gasteiger partial charge on any atom is 0.220 e. The molecule has 0 radical (unpaired) electrons. The molecule has 372 valence electrons. The summed E-state index contributed by atoms with van der Waals surface area (Å²) in [5, 5.41) is 119. The highest BCUT2D eigenvalue weighted by Gasteiger charge is 2.53. The summed E-state index contributed by atoms with van der Waals surface area (Å²) in [6, 6.07) is -0.974. The van der Waals surface area contributed by atoms with E-state index in [1.807, 2.05) is 6.08 Å². The van der Waals surface area contributed by atoms with Gasteiger partial charge in [-0.25, -0.2) is 0 Å². The van der Waals surface area contributed by atoms with E-state index < -0.39 is 124 Å². The van der Waals surface area contributed by atoms with Crippen LogP contribution in [-0.4, -0.2) is 193 Å². The Bertz CT molecular complexity index is 1340. The van der Waals surface area contributed by atoms with Crippen molar-refractivity contribution in [1.29, 1.82) is 0 Å². The molecular weight excluding hydrogens is 842 g/mol. The van der Waals surface area contributed by atoms with Crippen molar-refractivity contribution in [3.63, 3.8) is 0 Å². The lowest BCUT2D eigenvalue weighted by Gasteiger charge is -2.48. The number of unbranched alkanes of at least 4 members (excludes halogenated alkanes) is 10. The lowest BCUT2D eigenvalue weighted by Crippen LogP contribution is -2.66. The minimum Gasteiger partial charge on any atom is -0.394 e. The highest BCUT2D eigenvalue weighted by Crippen LogP contribution is 2.33. The first-order chi connectivity index (χ1) is 30.8. The van der Waals surface area contributed by atoms with Gasteiger partial charge in [-0.05, 0) is 44.9 Å². The molecular formula is C45H79NO18. The van der Waals surface area contributed by atoms with Crippen molar-refractivity contribution < 1.29 is 89.4 Å². The third-order valence-electron chi connectivity index (χ3n) is 11.7. The number of aliphatic hydroxyl groups excluding tert-OH is 11. The van der Waals surface area contributed by atoms with Gasteiger partial charge in [0.25, 0.3) is 0 Å². The van der Waals surface area contributed by atoms with Gasteiger partial charge < -0.3 is 89.9 Å². The molecule has 19 heteroatoms. The first kappa shape index (κ1) is 56.3. The van der Waals surface area contributed by atoms with Gasteiger partial charge in [-0.2, -0.15) is 0 Å². The minimum atomic E-state index is -1.98. The fraction of sp³-hybridized carbons (Fsp3) is 0.844. The van der Waals surface area contributed by atoms with Gasteiger partial charge in [0.05, 0.1) is 38.6 Å². The molecule has 0 saturated carbocycles.